The second kappa shape index (κ2) is 7.93. The summed E-state index contributed by atoms with van der Waals surface area (Å²) in [6.07, 6.45) is 0. The van der Waals surface area contributed by atoms with Crippen molar-refractivity contribution >= 4 is 33.2 Å². The maximum atomic E-state index is 14.2. The SMILES string of the molecule is Cc1ccc(NC(=O)c2ccc(F)c(S(=O)(=O)N3CCOCC3)c2)cc1Cl. The van der Waals surface area contributed by atoms with Crippen LogP contribution >= 0.6 is 11.6 Å². The number of ether oxygens (including phenoxy) is 1. The highest BCUT2D eigenvalue weighted by Gasteiger charge is 2.29. The number of hydrogen-bond acceptors (Lipinski definition) is 4. The van der Waals surface area contributed by atoms with Crippen LogP contribution in [-0.4, -0.2) is 44.9 Å². The summed E-state index contributed by atoms with van der Waals surface area (Å²) < 4.78 is 45.9. The van der Waals surface area contributed by atoms with Gasteiger partial charge in [0.1, 0.15) is 10.7 Å². The first kappa shape index (κ1) is 19.8. The van der Waals surface area contributed by atoms with Gasteiger partial charge in [-0.25, -0.2) is 12.8 Å². The monoisotopic (exact) mass is 412 g/mol. The molecule has 1 aliphatic rings. The molecule has 6 nitrogen and oxygen atoms in total. The second-order valence-corrected chi connectivity index (χ2v) is 8.39. The number of sulfonamides is 1. The lowest BCUT2D eigenvalue weighted by Crippen LogP contribution is -2.41. The van der Waals surface area contributed by atoms with Crippen LogP contribution in [0, 0.1) is 12.7 Å². The average Bonchev–Trinajstić information content (AvgIpc) is 2.65. The first-order valence-corrected chi connectivity index (χ1v) is 10.1. The summed E-state index contributed by atoms with van der Waals surface area (Å²) in [5, 5.41) is 3.12. The van der Waals surface area contributed by atoms with Crippen LogP contribution in [0.4, 0.5) is 10.1 Å². The number of amides is 1. The number of benzene rings is 2. The lowest BCUT2D eigenvalue weighted by Gasteiger charge is -2.26. The Kier molecular flexibility index (Phi) is 5.81. The summed E-state index contributed by atoms with van der Waals surface area (Å²) in [6, 6.07) is 8.27. The fourth-order valence-corrected chi connectivity index (χ4v) is 4.32. The Morgan fingerprint density at radius 3 is 2.56 bits per heavy atom. The van der Waals surface area contributed by atoms with Crippen LogP contribution in [0.15, 0.2) is 41.3 Å². The minimum absolute atomic E-state index is 0.0277. The number of hydrogen-bond donors (Lipinski definition) is 1. The van der Waals surface area contributed by atoms with E-state index in [1.165, 1.54) is 6.07 Å². The number of rotatable bonds is 4. The normalized spacial score (nSPS) is 15.5. The van der Waals surface area contributed by atoms with Crippen molar-refractivity contribution in [1.29, 1.82) is 0 Å². The number of carbonyl (C=O) groups excluding carboxylic acids is 1. The zero-order chi connectivity index (χ0) is 19.6. The number of carbonyl (C=O) groups is 1. The summed E-state index contributed by atoms with van der Waals surface area (Å²) in [7, 11) is -4.06. The number of morpholine rings is 1. The van der Waals surface area contributed by atoms with Crippen LogP contribution in [0.3, 0.4) is 0 Å². The second-order valence-electron chi connectivity index (χ2n) is 6.08. The van der Waals surface area contributed by atoms with Crippen molar-refractivity contribution in [1.82, 2.24) is 4.31 Å². The largest absolute Gasteiger partial charge is 0.379 e. The van der Waals surface area contributed by atoms with Crippen LogP contribution in [0.2, 0.25) is 5.02 Å². The van der Waals surface area contributed by atoms with Gasteiger partial charge in [0.25, 0.3) is 5.91 Å². The van der Waals surface area contributed by atoms with E-state index in [1.807, 2.05) is 6.92 Å². The van der Waals surface area contributed by atoms with E-state index in [4.69, 9.17) is 16.3 Å². The van der Waals surface area contributed by atoms with E-state index in [0.29, 0.717) is 10.7 Å². The summed E-state index contributed by atoms with van der Waals surface area (Å²) >= 11 is 6.04. The van der Waals surface area contributed by atoms with Gasteiger partial charge in [-0.2, -0.15) is 4.31 Å². The molecular weight excluding hydrogens is 395 g/mol. The van der Waals surface area contributed by atoms with Crippen LogP contribution in [0.25, 0.3) is 0 Å². The maximum Gasteiger partial charge on any atom is 0.255 e. The third-order valence-electron chi connectivity index (χ3n) is 4.21. The van der Waals surface area contributed by atoms with Crippen molar-refractivity contribution in [2.24, 2.45) is 0 Å². The minimum atomic E-state index is -4.06. The fourth-order valence-electron chi connectivity index (χ4n) is 2.64. The van der Waals surface area contributed by atoms with E-state index in [9.17, 15) is 17.6 Å². The highest BCUT2D eigenvalue weighted by molar-refractivity contribution is 7.89. The van der Waals surface area contributed by atoms with Gasteiger partial charge < -0.3 is 10.1 Å². The Balaban J connectivity index is 1.88. The van der Waals surface area contributed by atoms with Crippen LogP contribution in [0.5, 0.6) is 0 Å². The quantitative estimate of drug-likeness (QED) is 0.837. The van der Waals surface area contributed by atoms with Crippen molar-refractivity contribution < 1.29 is 22.3 Å². The summed E-state index contributed by atoms with van der Waals surface area (Å²) in [6.45, 7) is 2.60. The highest BCUT2D eigenvalue weighted by atomic mass is 35.5. The lowest BCUT2D eigenvalue weighted by atomic mass is 10.2. The van der Waals surface area contributed by atoms with Crippen molar-refractivity contribution in [3.05, 3.63) is 58.4 Å². The standard InChI is InChI=1S/C18H18ClFN2O4S/c1-12-2-4-14(11-15(12)19)21-18(23)13-3-5-16(20)17(10-13)27(24,25)22-6-8-26-9-7-22/h2-5,10-11H,6-9H2,1H3,(H,21,23). The number of nitrogens with one attached hydrogen (secondary N) is 1. The van der Waals surface area contributed by atoms with Gasteiger partial charge in [0.05, 0.1) is 13.2 Å². The predicted molar refractivity (Wildman–Crippen MR) is 100 cm³/mol. The lowest BCUT2D eigenvalue weighted by molar-refractivity contribution is 0.0729. The Morgan fingerprint density at radius 2 is 1.89 bits per heavy atom. The van der Waals surface area contributed by atoms with Gasteiger partial charge in [-0.3, -0.25) is 4.79 Å². The van der Waals surface area contributed by atoms with E-state index in [2.05, 4.69) is 5.32 Å². The van der Waals surface area contributed by atoms with E-state index in [-0.39, 0.29) is 31.9 Å². The molecule has 0 atom stereocenters. The molecule has 144 valence electrons. The van der Waals surface area contributed by atoms with Crippen molar-refractivity contribution in [3.63, 3.8) is 0 Å². The fraction of sp³-hybridized carbons (Fsp3) is 0.278. The third kappa shape index (κ3) is 4.30. The number of anilines is 1. The van der Waals surface area contributed by atoms with Crippen LogP contribution in [0.1, 0.15) is 15.9 Å². The van der Waals surface area contributed by atoms with E-state index >= 15 is 0 Å². The van der Waals surface area contributed by atoms with Gasteiger partial charge in [0.15, 0.2) is 0 Å². The van der Waals surface area contributed by atoms with E-state index in [1.54, 1.807) is 18.2 Å². The first-order chi connectivity index (χ1) is 12.8. The Bertz CT molecular complexity index is 975. The molecule has 1 N–H and O–H groups in total. The molecule has 0 spiro atoms. The van der Waals surface area contributed by atoms with E-state index < -0.39 is 26.6 Å². The molecule has 9 heteroatoms. The number of nitrogens with zero attached hydrogens (tertiary/aromatic N) is 1. The van der Waals surface area contributed by atoms with Crippen LogP contribution < -0.4 is 5.32 Å². The van der Waals surface area contributed by atoms with Crippen molar-refractivity contribution in [2.45, 2.75) is 11.8 Å². The summed E-state index contributed by atoms with van der Waals surface area (Å²) in [5.41, 5.74) is 1.34. The molecule has 2 aromatic carbocycles. The topological polar surface area (TPSA) is 75.7 Å². The van der Waals surface area contributed by atoms with Gasteiger partial charge in [-0.05, 0) is 42.8 Å². The van der Waals surface area contributed by atoms with Gasteiger partial charge in [-0.15, -0.1) is 0 Å². The molecule has 27 heavy (non-hydrogen) atoms. The Morgan fingerprint density at radius 1 is 1.19 bits per heavy atom. The highest BCUT2D eigenvalue weighted by Crippen LogP contribution is 2.24. The molecule has 0 aliphatic carbocycles. The minimum Gasteiger partial charge on any atom is -0.379 e. The van der Waals surface area contributed by atoms with Gasteiger partial charge in [0.2, 0.25) is 10.0 Å². The maximum absolute atomic E-state index is 14.2. The summed E-state index contributed by atoms with van der Waals surface area (Å²) in [4.78, 5) is 11.9. The molecule has 2 aromatic rings. The van der Waals surface area contributed by atoms with Gasteiger partial charge >= 0.3 is 0 Å². The molecule has 1 fully saturated rings. The molecule has 0 saturated carbocycles. The summed E-state index contributed by atoms with van der Waals surface area (Å²) in [5.74, 6) is -1.47. The van der Waals surface area contributed by atoms with Crippen LogP contribution in [-0.2, 0) is 14.8 Å². The molecule has 0 aromatic heterocycles. The Hall–Kier alpha value is -2.00. The molecular formula is C18H18ClFN2O4S. The molecule has 0 bridgehead atoms. The van der Waals surface area contributed by atoms with E-state index in [0.717, 1.165) is 22.0 Å². The molecule has 1 amide bonds. The predicted octanol–water partition coefficient (Wildman–Crippen LogP) is 3.06. The number of halogens is 2. The zero-order valence-electron chi connectivity index (χ0n) is 14.5. The number of aryl methyl sites for hydroxylation is 1. The molecule has 0 unspecified atom stereocenters. The van der Waals surface area contributed by atoms with Gasteiger partial charge in [0, 0.05) is 29.4 Å². The molecule has 1 heterocycles. The molecule has 1 saturated heterocycles. The van der Waals surface area contributed by atoms with Crippen molar-refractivity contribution in [2.75, 3.05) is 31.6 Å². The molecule has 3 rings (SSSR count). The van der Waals surface area contributed by atoms with Gasteiger partial charge in [-0.1, -0.05) is 17.7 Å². The van der Waals surface area contributed by atoms with Crippen molar-refractivity contribution in [3.8, 4) is 0 Å². The Labute approximate surface area is 161 Å². The first-order valence-electron chi connectivity index (χ1n) is 8.24. The third-order valence-corrected chi connectivity index (χ3v) is 6.53. The molecule has 0 radical (unpaired) electrons. The smallest absolute Gasteiger partial charge is 0.255 e. The zero-order valence-corrected chi connectivity index (χ0v) is 16.1. The average molecular weight is 413 g/mol. The molecule has 1 aliphatic heterocycles.